The summed E-state index contributed by atoms with van der Waals surface area (Å²) >= 11 is 6.08. The van der Waals surface area contributed by atoms with Crippen molar-refractivity contribution in [2.45, 2.75) is 38.1 Å². The number of nitrogens with one attached hydrogen (secondary N) is 1. The number of imidazole rings is 1. The maximum absolute atomic E-state index is 15.2. The van der Waals surface area contributed by atoms with E-state index in [1.165, 1.54) is 31.7 Å². The van der Waals surface area contributed by atoms with E-state index in [9.17, 15) is 4.79 Å². The van der Waals surface area contributed by atoms with Crippen LogP contribution in [0, 0.1) is 11.7 Å². The van der Waals surface area contributed by atoms with Gasteiger partial charge in [-0.3, -0.25) is 9.69 Å². The average Bonchev–Trinajstić information content (AvgIpc) is 3.43. The lowest BCUT2D eigenvalue weighted by atomic mass is 9.94. The molecule has 2 heterocycles. The number of halogens is 2. The molecule has 1 aliphatic carbocycles. The van der Waals surface area contributed by atoms with Crippen LogP contribution in [0.4, 0.5) is 4.39 Å². The quantitative estimate of drug-likeness (QED) is 0.598. The summed E-state index contributed by atoms with van der Waals surface area (Å²) in [4.78, 5) is 21.8. The van der Waals surface area contributed by atoms with Crippen molar-refractivity contribution >= 4 is 28.5 Å². The number of aromatic amines is 1. The van der Waals surface area contributed by atoms with E-state index >= 15 is 4.39 Å². The van der Waals surface area contributed by atoms with Crippen molar-refractivity contribution in [1.29, 1.82) is 0 Å². The molecule has 7 heteroatoms. The topological polar surface area (TPSA) is 75.0 Å². The predicted molar refractivity (Wildman–Crippen MR) is 116 cm³/mol. The van der Waals surface area contributed by atoms with Gasteiger partial charge in [0.25, 0.3) is 5.91 Å². The summed E-state index contributed by atoms with van der Waals surface area (Å²) in [6, 6.07) is 8.83. The fourth-order valence-electron chi connectivity index (χ4n) is 4.55. The van der Waals surface area contributed by atoms with E-state index in [4.69, 9.17) is 17.3 Å². The van der Waals surface area contributed by atoms with Crippen LogP contribution in [0.5, 0.6) is 0 Å². The fourth-order valence-corrected chi connectivity index (χ4v) is 4.77. The number of aromatic nitrogens is 2. The van der Waals surface area contributed by atoms with Gasteiger partial charge in [-0.2, -0.15) is 0 Å². The van der Waals surface area contributed by atoms with Crippen LogP contribution in [-0.4, -0.2) is 33.9 Å². The summed E-state index contributed by atoms with van der Waals surface area (Å²) in [7, 11) is 0. The largest absolute Gasteiger partial charge is 0.366 e. The van der Waals surface area contributed by atoms with Gasteiger partial charge < -0.3 is 10.7 Å². The number of fused-ring (bicyclic) bond motifs is 1. The van der Waals surface area contributed by atoms with Crippen molar-refractivity contribution < 1.29 is 9.18 Å². The number of H-pyrrole nitrogens is 1. The number of hydrogen-bond donors (Lipinski definition) is 2. The first-order valence-corrected chi connectivity index (χ1v) is 10.9. The molecule has 0 radical (unpaired) electrons. The first kappa shape index (κ1) is 19.5. The van der Waals surface area contributed by atoms with Gasteiger partial charge in [0.1, 0.15) is 17.2 Å². The Morgan fingerprint density at radius 3 is 2.80 bits per heavy atom. The summed E-state index contributed by atoms with van der Waals surface area (Å²) in [5.74, 6) is 0.230. The van der Waals surface area contributed by atoms with E-state index in [0.717, 1.165) is 31.0 Å². The van der Waals surface area contributed by atoms with Crippen LogP contribution in [0.25, 0.3) is 22.4 Å². The third kappa shape index (κ3) is 3.70. The van der Waals surface area contributed by atoms with Crippen molar-refractivity contribution in [2.24, 2.45) is 11.7 Å². The molecule has 3 aromatic rings. The maximum Gasteiger partial charge on any atom is 0.251 e. The van der Waals surface area contributed by atoms with Gasteiger partial charge in [-0.25, -0.2) is 9.37 Å². The van der Waals surface area contributed by atoms with Gasteiger partial charge in [-0.1, -0.05) is 24.1 Å². The summed E-state index contributed by atoms with van der Waals surface area (Å²) in [6.45, 7) is 2.21. The van der Waals surface area contributed by atoms with Crippen LogP contribution < -0.4 is 5.73 Å². The van der Waals surface area contributed by atoms with Crippen LogP contribution in [0.2, 0.25) is 5.02 Å². The molecule has 1 atom stereocenters. The van der Waals surface area contributed by atoms with Crippen molar-refractivity contribution in [3.63, 3.8) is 0 Å². The molecule has 5 nitrogen and oxygen atoms in total. The predicted octanol–water partition coefficient (Wildman–Crippen LogP) is 5.06. The average molecular weight is 427 g/mol. The van der Waals surface area contributed by atoms with E-state index in [2.05, 4.69) is 14.9 Å². The lowest BCUT2D eigenvalue weighted by Crippen LogP contribution is -2.35. The molecule has 1 saturated heterocycles. The Hall–Kier alpha value is -2.44. The maximum atomic E-state index is 15.2. The summed E-state index contributed by atoms with van der Waals surface area (Å²) in [5, 5.41) is 0.371. The Morgan fingerprint density at radius 1 is 1.23 bits per heavy atom. The van der Waals surface area contributed by atoms with Gasteiger partial charge in [0.05, 0.1) is 16.6 Å². The smallest absolute Gasteiger partial charge is 0.251 e. The SMILES string of the molecule is NC(=O)c1cc(Cl)cc2[nH]c(-c3ccc(C4CCCCN4CC4CC4)cc3F)nc12. The van der Waals surface area contributed by atoms with Gasteiger partial charge >= 0.3 is 0 Å². The zero-order valence-electron chi connectivity index (χ0n) is 16.6. The zero-order chi connectivity index (χ0) is 20.8. The first-order valence-electron chi connectivity index (χ1n) is 10.5. The number of rotatable bonds is 5. The number of carbonyl (C=O) groups excluding carboxylic acids is 1. The lowest BCUT2D eigenvalue weighted by Gasteiger charge is -2.36. The van der Waals surface area contributed by atoms with E-state index in [0.29, 0.717) is 27.4 Å². The van der Waals surface area contributed by atoms with E-state index in [1.807, 2.05) is 6.07 Å². The number of benzene rings is 2. The highest BCUT2D eigenvalue weighted by Crippen LogP contribution is 2.38. The Morgan fingerprint density at radius 2 is 2.07 bits per heavy atom. The van der Waals surface area contributed by atoms with Crippen LogP contribution in [0.3, 0.4) is 0 Å². The number of nitrogens with two attached hydrogens (primary N) is 1. The van der Waals surface area contributed by atoms with Crippen molar-refractivity contribution in [2.75, 3.05) is 13.1 Å². The molecular weight excluding hydrogens is 403 g/mol. The second kappa shape index (κ2) is 7.67. The van der Waals surface area contributed by atoms with E-state index < -0.39 is 5.91 Å². The number of piperidine rings is 1. The molecule has 0 bridgehead atoms. The second-order valence-electron chi connectivity index (χ2n) is 8.49. The van der Waals surface area contributed by atoms with E-state index in [1.54, 1.807) is 18.2 Å². The standard InChI is InChI=1S/C23H24ClFN4O/c24-15-10-17(22(26)30)21-19(11-15)27-23(28-21)16-7-6-14(9-18(16)25)20-3-1-2-8-29(20)12-13-4-5-13/h6-7,9-11,13,20H,1-5,8,12H2,(H2,26,30)(H,27,28). The van der Waals surface area contributed by atoms with Crippen molar-refractivity contribution in [3.8, 4) is 11.4 Å². The third-order valence-electron chi connectivity index (χ3n) is 6.25. The first-order chi connectivity index (χ1) is 14.5. The molecule has 156 valence electrons. The number of nitrogens with zero attached hydrogens (tertiary/aromatic N) is 2. The molecule has 1 unspecified atom stereocenters. The fraction of sp³-hybridized carbons (Fsp3) is 0.391. The number of amides is 1. The Kier molecular flexibility index (Phi) is 4.99. The highest BCUT2D eigenvalue weighted by atomic mass is 35.5. The minimum atomic E-state index is -0.621. The van der Waals surface area contributed by atoms with Crippen molar-refractivity contribution in [3.05, 3.63) is 52.3 Å². The summed E-state index contributed by atoms with van der Waals surface area (Å²) < 4.78 is 15.2. The van der Waals surface area contributed by atoms with Gasteiger partial charge in [0.15, 0.2) is 0 Å². The molecule has 30 heavy (non-hydrogen) atoms. The van der Waals surface area contributed by atoms with Crippen LogP contribution in [0.15, 0.2) is 30.3 Å². The van der Waals surface area contributed by atoms with Gasteiger partial charge in [0, 0.05) is 17.6 Å². The normalized spacial score (nSPS) is 20.0. The Bertz CT molecular complexity index is 1120. The molecule has 1 saturated carbocycles. The molecule has 2 aliphatic rings. The molecule has 1 aromatic heterocycles. The van der Waals surface area contributed by atoms with Crippen LogP contribution in [-0.2, 0) is 0 Å². The molecule has 1 aliphatic heterocycles. The zero-order valence-corrected chi connectivity index (χ0v) is 17.4. The number of carbonyl (C=O) groups is 1. The highest BCUT2D eigenvalue weighted by Gasteiger charge is 2.31. The molecule has 0 spiro atoms. The minimum Gasteiger partial charge on any atom is -0.366 e. The molecule has 2 aromatic carbocycles. The molecule has 5 rings (SSSR count). The van der Waals surface area contributed by atoms with Gasteiger partial charge in [-0.05, 0) is 68.0 Å². The number of likely N-dealkylation sites (tertiary alicyclic amines) is 1. The molecule has 1 amide bonds. The number of hydrogen-bond acceptors (Lipinski definition) is 3. The van der Waals surface area contributed by atoms with Crippen LogP contribution >= 0.6 is 11.6 Å². The minimum absolute atomic E-state index is 0.218. The Balaban J connectivity index is 1.49. The second-order valence-corrected chi connectivity index (χ2v) is 8.92. The van der Waals surface area contributed by atoms with Gasteiger partial charge in [-0.15, -0.1) is 0 Å². The monoisotopic (exact) mass is 426 g/mol. The van der Waals surface area contributed by atoms with Crippen molar-refractivity contribution in [1.82, 2.24) is 14.9 Å². The summed E-state index contributed by atoms with van der Waals surface area (Å²) in [5.41, 5.74) is 8.01. The third-order valence-corrected chi connectivity index (χ3v) is 6.47. The molecular formula is C23H24ClFN4O. The lowest BCUT2D eigenvalue weighted by molar-refractivity contribution is 0.100. The van der Waals surface area contributed by atoms with E-state index in [-0.39, 0.29) is 17.4 Å². The Labute approximate surface area is 179 Å². The highest BCUT2D eigenvalue weighted by molar-refractivity contribution is 6.32. The van der Waals surface area contributed by atoms with Crippen LogP contribution in [0.1, 0.15) is 54.1 Å². The molecule has 2 fully saturated rings. The number of primary amides is 1. The summed E-state index contributed by atoms with van der Waals surface area (Å²) in [6.07, 6.45) is 6.10. The van der Waals surface area contributed by atoms with Gasteiger partial charge in [0.2, 0.25) is 0 Å². The molecule has 3 N–H and O–H groups in total.